The van der Waals surface area contributed by atoms with Gasteiger partial charge in [-0.15, -0.1) is 0 Å². The molecule has 0 atom stereocenters. The quantitative estimate of drug-likeness (QED) is 0.127. The molecular formula is C60H66BN3Si4. The second-order valence-corrected chi connectivity index (χ2v) is 43.5. The smallest absolute Gasteiger partial charge is 0.252 e. The van der Waals surface area contributed by atoms with Gasteiger partial charge in [0.15, 0.2) is 0 Å². The van der Waals surface area contributed by atoms with E-state index in [0.29, 0.717) is 0 Å². The van der Waals surface area contributed by atoms with Crippen LogP contribution in [-0.2, 0) is 0 Å². The summed E-state index contributed by atoms with van der Waals surface area (Å²) in [5, 5.41) is 5.91. The first-order valence-electron chi connectivity index (χ1n) is 24.5. The van der Waals surface area contributed by atoms with Crippen molar-refractivity contribution in [1.29, 1.82) is 0 Å². The van der Waals surface area contributed by atoms with Crippen LogP contribution in [0.3, 0.4) is 0 Å². The average molecular weight is 952 g/mol. The maximum atomic E-state index is 2.63. The Balaban J connectivity index is 1.26. The van der Waals surface area contributed by atoms with E-state index in [4.69, 9.17) is 0 Å². The van der Waals surface area contributed by atoms with Gasteiger partial charge in [0.2, 0.25) is 0 Å². The molecule has 0 bridgehead atoms. The van der Waals surface area contributed by atoms with Crippen molar-refractivity contribution in [2.45, 2.75) is 78.6 Å². The van der Waals surface area contributed by atoms with E-state index in [1.54, 1.807) is 0 Å². The van der Waals surface area contributed by atoms with Gasteiger partial charge in [-0.2, -0.15) is 0 Å². The summed E-state index contributed by atoms with van der Waals surface area (Å²) in [5.41, 5.74) is 17.5. The van der Waals surface area contributed by atoms with Crippen LogP contribution < -0.4 is 51.8 Å². The second kappa shape index (κ2) is 16.9. The molecule has 0 saturated heterocycles. The molecule has 0 fully saturated rings. The third-order valence-corrected chi connectivity index (χ3v) is 22.5. The lowest BCUT2D eigenvalue weighted by molar-refractivity contribution is 1.26. The van der Waals surface area contributed by atoms with Gasteiger partial charge in [0.05, 0.1) is 32.3 Å². The zero-order valence-corrected chi connectivity index (χ0v) is 46.2. The van der Waals surface area contributed by atoms with Gasteiger partial charge >= 0.3 is 0 Å². The number of hydrogen-bond donors (Lipinski definition) is 0. The minimum Gasteiger partial charge on any atom is -0.311 e. The Bertz CT molecular complexity index is 2960. The molecule has 8 heteroatoms. The third-order valence-electron chi connectivity index (χ3n) is 14.3. The van der Waals surface area contributed by atoms with Crippen LogP contribution in [0.5, 0.6) is 0 Å². The highest BCUT2D eigenvalue weighted by molar-refractivity contribution is 7.01. The summed E-state index contributed by atoms with van der Waals surface area (Å²) in [7, 11) is -6.50. The van der Waals surface area contributed by atoms with Crippen LogP contribution >= 0.6 is 0 Å². The monoisotopic (exact) mass is 951 g/mol. The van der Waals surface area contributed by atoms with Crippen molar-refractivity contribution in [2.75, 3.05) is 14.7 Å². The van der Waals surface area contributed by atoms with Gasteiger partial charge in [-0.25, -0.2) is 0 Å². The van der Waals surface area contributed by atoms with Gasteiger partial charge in [0, 0.05) is 51.2 Å². The van der Waals surface area contributed by atoms with Gasteiger partial charge in [0.25, 0.3) is 6.71 Å². The van der Waals surface area contributed by atoms with Gasteiger partial charge < -0.3 is 14.7 Å². The molecule has 0 unspecified atom stereocenters. The number of para-hydroxylation sites is 2. The molecule has 2 aliphatic rings. The van der Waals surface area contributed by atoms with Crippen LogP contribution in [0.4, 0.5) is 51.2 Å². The fraction of sp³-hybridized carbons (Fsp3) is 0.200. The van der Waals surface area contributed by atoms with Crippen molar-refractivity contribution in [3.8, 4) is 11.1 Å². The lowest BCUT2D eigenvalue weighted by Crippen LogP contribution is -2.62. The number of rotatable bonds is 10. The lowest BCUT2D eigenvalue weighted by atomic mass is 9.33. The van der Waals surface area contributed by atoms with Crippen LogP contribution in [-0.4, -0.2) is 39.0 Å². The Morgan fingerprint density at radius 1 is 0.324 bits per heavy atom. The Hall–Kier alpha value is -5.91. The first-order valence-corrected chi connectivity index (χ1v) is 38.5. The summed E-state index contributed by atoms with van der Waals surface area (Å²) >= 11 is 0. The normalized spacial score (nSPS) is 13.5. The van der Waals surface area contributed by atoms with Crippen LogP contribution in [0.25, 0.3) is 11.1 Å². The predicted molar refractivity (Wildman–Crippen MR) is 313 cm³/mol. The highest BCUT2D eigenvalue weighted by atomic mass is 28.3. The second-order valence-electron chi connectivity index (χ2n) is 23.2. The number of anilines is 9. The van der Waals surface area contributed by atoms with Gasteiger partial charge in [-0.3, -0.25) is 0 Å². The predicted octanol–water partition coefficient (Wildman–Crippen LogP) is 13.1. The van der Waals surface area contributed by atoms with E-state index in [-0.39, 0.29) is 6.71 Å². The molecular weight excluding hydrogens is 886 g/mol. The standard InChI is InChI=1S/C60H66BN3Si4/c1-65(2,3)50-31-27-48(28-32-50)63-56-41-52(67(7,8)9)35-37-54(56)61-55-38-36-53(68(10,11)12)42-57(55)64(49-29-33-51(34-30-49)66(4,5)6)59-40-44(39-58(63)60(59)61)43-23-25-47(26-24-43)62(45-19-15-13-16-20-45)46-21-17-14-18-22-46/h13-42H,1-12H3. The number of benzene rings is 8. The highest BCUT2D eigenvalue weighted by Crippen LogP contribution is 2.46. The molecule has 0 N–H and O–H groups in total. The van der Waals surface area contributed by atoms with Gasteiger partial charge in [-0.1, -0.05) is 196 Å². The van der Waals surface area contributed by atoms with Crippen LogP contribution in [0.15, 0.2) is 182 Å². The average Bonchev–Trinajstić information content (AvgIpc) is 3.31. The Morgan fingerprint density at radius 3 is 1.04 bits per heavy atom. The van der Waals surface area contributed by atoms with Gasteiger partial charge in [0.1, 0.15) is 0 Å². The van der Waals surface area contributed by atoms with E-state index in [2.05, 4.69) is 275 Å². The molecule has 0 saturated carbocycles. The third kappa shape index (κ3) is 8.40. The van der Waals surface area contributed by atoms with Crippen LogP contribution in [0.2, 0.25) is 78.6 Å². The molecule has 0 radical (unpaired) electrons. The Labute approximate surface area is 411 Å². The minimum atomic E-state index is -1.70. The van der Waals surface area contributed by atoms with Crippen molar-refractivity contribution in [1.82, 2.24) is 0 Å². The summed E-state index contributed by atoms with van der Waals surface area (Å²) < 4.78 is 0. The summed E-state index contributed by atoms with van der Waals surface area (Å²) in [6, 6.07) is 70.0. The molecule has 0 spiro atoms. The van der Waals surface area contributed by atoms with Crippen molar-refractivity contribution in [2.24, 2.45) is 0 Å². The molecule has 2 aliphatic heterocycles. The first kappa shape index (κ1) is 45.9. The van der Waals surface area contributed by atoms with E-state index in [1.165, 1.54) is 82.4 Å². The molecule has 0 aliphatic carbocycles. The maximum absolute atomic E-state index is 2.63. The number of hydrogen-bond acceptors (Lipinski definition) is 3. The number of nitrogens with zero attached hydrogens (tertiary/aromatic N) is 3. The Kier molecular flexibility index (Phi) is 11.4. The molecule has 8 aromatic carbocycles. The van der Waals surface area contributed by atoms with E-state index in [0.717, 1.165) is 17.1 Å². The molecule has 8 aromatic rings. The topological polar surface area (TPSA) is 9.72 Å². The maximum Gasteiger partial charge on any atom is 0.252 e. The van der Waals surface area contributed by atoms with E-state index in [9.17, 15) is 0 Å². The molecule has 2 heterocycles. The van der Waals surface area contributed by atoms with Crippen LogP contribution in [0, 0.1) is 0 Å². The lowest BCUT2D eigenvalue weighted by Gasteiger charge is -2.45. The van der Waals surface area contributed by atoms with E-state index in [1.807, 2.05) is 0 Å². The van der Waals surface area contributed by atoms with Crippen molar-refractivity contribution in [3.05, 3.63) is 182 Å². The largest absolute Gasteiger partial charge is 0.311 e. The van der Waals surface area contributed by atoms with Crippen LogP contribution in [0.1, 0.15) is 0 Å². The Morgan fingerprint density at radius 2 is 0.676 bits per heavy atom. The molecule has 0 aromatic heterocycles. The minimum absolute atomic E-state index is 0.0631. The SMILES string of the molecule is C[Si](C)(C)c1ccc(N2c3cc([Si](C)(C)C)ccc3B3c4ccc([Si](C)(C)C)cc4N(c4ccc([Si](C)(C)C)cc4)c4cc(-c5ccc(N(c6ccccc6)c6ccccc6)cc5)cc2c43)cc1. The van der Waals surface area contributed by atoms with E-state index >= 15 is 0 Å². The summed E-state index contributed by atoms with van der Waals surface area (Å²) in [6.07, 6.45) is 0. The summed E-state index contributed by atoms with van der Waals surface area (Å²) in [4.78, 5) is 7.60. The summed E-state index contributed by atoms with van der Waals surface area (Å²) in [5.74, 6) is 0. The summed E-state index contributed by atoms with van der Waals surface area (Å²) in [6.45, 7) is 29.6. The fourth-order valence-corrected chi connectivity index (χ4v) is 14.9. The molecule has 3 nitrogen and oxygen atoms in total. The fourth-order valence-electron chi connectivity index (χ4n) is 10.3. The zero-order chi connectivity index (χ0) is 47.9. The van der Waals surface area contributed by atoms with E-state index < -0.39 is 32.3 Å². The number of fused-ring (bicyclic) bond motifs is 4. The van der Waals surface area contributed by atoms with Crippen molar-refractivity contribution < 1.29 is 0 Å². The zero-order valence-electron chi connectivity index (χ0n) is 42.2. The molecule has 68 heavy (non-hydrogen) atoms. The first-order chi connectivity index (χ1) is 32.3. The van der Waals surface area contributed by atoms with Crippen molar-refractivity contribution >= 4 is 127 Å². The molecule has 340 valence electrons. The molecule has 10 rings (SSSR count). The van der Waals surface area contributed by atoms with Crippen molar-refractivity contribution in [3.63, 3.8) is 0 Å². The molecule has 0 amide bonds. The van der Waals surface area contributed by atoms with Gasteiger partial charge in [-0.05, 0) is 112 Å². The highest BCUT2D eigenvalue weighted by Gasteiger charge is 2.44.